The van der Waals surface area contributed by atoms with Gasteiger partial charge in [-0.05, 0) is 128 Å². The average Bonchev–Trinajstić information content (AvgIpc) is 0.756. The van der Waals surface area contributed by atoms with Crippen LogP contribution in [0.15, 0.2) is 115 Å². The van der Waals surface area contributed by atoms with Crippen LogP contribution >= 0.6 is 23.2 Å². The first kappa shape index (κ1) is 94.1. The fourth-order valence-electron chi connectivity index (χ4n) is 15.7. The molecule has 0 radical (unpaired) electrons. The number of phenols is 4. The fraction of sp³-hybridized carbons (Fsp3) is 0.409. The van der Waals surface area contributed by atoms with Gasteiger partial charge >= 0.3 is 18.0 Å². The molecular formula is C88H96Cl2N8O31. The Labute approximate surface area is 745 Å². The predicted octanol–water partition coefficient (Wildman–Crippen LogP) is 5.67. The Morgan fingerprint density at radius 3 is 1.86 bits per heavy atom. The van der Waals surface area contributed by atoms with Crippen LogP contribution in [-0.2, 0) is 68.5 Å². The number of carbonyl (C=O) groups is 10. The Morgan fingerprint density at radius 2 is 1.19 bits per heavy atom. The van der Waals surface area contributed by atoms with Crippen molar-refractivity contribution >= 4 is 82.6 Å². The number of esters is 1. The summed E-state index contributed by atoms with van der Waals surface area (Å²) in [6.07, 6.45) is -16.1. The summed E-state index contributed by atoms with van der Waals surface area (Å²) in [5.41, 5.74) is -4.86. The molecule has 8 aliphatic heterocycles. The van der Waals surface area contributed by atoms with Crippen LogP contribution in [0.1, 0.15) is 161 Å². The van der Waals surface area contributed by atoms with Crippen molar-refractivity contribution in [3.8, 4) is 80.1 Å². The summed E-state index contributed by atoms with van der Waals surface area (Å²) in [6.45, 7) is 5.77. The van der Waals surface area contributed by atoms with E-state index in [1.165, 1.54) is 37.4 Å². The molecule has 15 rings (SSSR count). The van der Waals surface area contributed by atoms with Crippen LogP contribution in [0.5, 0.6) is 69.0 Å². The van der Waals surface area contributed by atoms with Gasteiger partial charge in [0.15, 0.2) is 35.1 Å². The maximum absolute atomic E-state index is 16.8. The van der Waals surface area contributed by atoms with Gasteiger partial charge in [0.25, 0.3) is 0 Å². The minimum absolute atomic E-state index is 0.0523. The third-order valence-corrected chi connectivity index (χ3v) is 23.1. The quantitative estimate of drug-likeness (QED) is 0.0363. The van der Waals surface area contributed by atoms with E-state index in [2.05, 4.69) is 44.1 Å². The third kappa shape index (κ3) is 20.8. The maximum Gasteiger partial charge on any atom is 0.410 e. The molecule has 0 saturated carbocycles. The SMILES string of the molecule is CCCCCCCCCCC(=O)N[C@H]1[C@H](Oc2c3cc4cc2Oc2ccc(cc2Cl)[C@@H](O)[C@@H]2NC(=O)[C@H](NC(=O)[C@@H]4NC(=O)[C@H]4NC(=O)[C@@H](Cc5ccc(cc5)O3)NC(=O)[C@H](N(C)C(=O)OC(C)(C)C)c3ccc(O)c(c3)Oc3cc(O)c(Cl)c4c3)c3ccc(O)c(c3)-c3c(O[C@H]4O[C@H](CO)[C@@H](O)[C@H](O)[C@@H]4O)cc(O)cc3[C@H](C(=O)O)NC2=O)O[C@H](C(=O)OC)[C@@H](O)[C@@H]1O. The highest BCUT2D eigenvalue weighted by Gasteiger charge is 2.52. The number of benzene rings is 7. The van der Waals surface area contributed by atoms with E-state index in [0.717, 1.165) is 135 Å². The van der Waals surface area contributed by atoms with E-state index in [4.69, 9.17) is 65.8 Å². The number of nitrogens with one attached hydrogen (secondary N) is 7. The predicted molar refractivity (Wildman–Crippen MR) is 448 cm³/mol. The van der Waals surface area contributed by atoms with Crippen LogP contribution in [0.25, 0.3) is 11.1 Å². The van der Waals surface area contributed by atoms with Gasteiger partial charge in [0.1, 0.15) is 131 Å². The Morgan fingerprint density at radius 1 is 0.558 bits per heavy atom. The lowest BCUT2D eigenvalue weighted by Gasteiger charge is -2.41. The van der Waals surface area contributed by atoms with Gasteiger partial charge in [0, 0.05) is 54.3 Å². The number of nitrogens with zero attached hydrogens (tertiary/aromatic N) is 1. The number of aliphatic carboxylic acids is 1. The Balaban J connectivity index is 1.05. The monoisotopic (exact) mass is 1830 g/mol. The van der Waals surface area contributed by atoms with Gasteiger partial charge in [-0.25, -0.2) is 14.4 Å². The van der Waals surface area contributed by atoms with E-state index in [1.54, 1.807) is 20.8 Å². The molecule has 8 heterocycles. The van der Waals surface area contributed by atoms with Crippen LogP contribution in [-0.4, -0.2) is 225 Å². The van der Waals surface area contributed by atoms with Crippen molar-refractivity contribution in [3.05, 3.63) is 164 Å². The first-order chi connectivity index (χ1) is 61.3. The summed E-state index contributed by atoms with van der Waals surface area (Å²) < 4.78 is 55.2. The molecule has 41 heteroatoms. The van der Waals surface area contributed by atoms with Crippen LogP contribution in [0.4, 0.5) is 4.79 Å². The highest BCUT2D eigenvalue weighted by atomic mass is 35.5. The van der Waals surface area contributed by atoms with Gasteiger partial charge in [-0.2, -0.15) is 0 Å². The topological polar surface area (TPSA) is 584 Å². The van der Waals surface area contributed by atoms with E-state index in [0.29, 0.717) is 12.8 Å². The second-order valence-electron chi connectivity index (χ2n) is 32.7. The van der Waals surface area contributed by atoms with Crippen LogP contribution in [0, 0.1) is 0 Å². The van der Waals surface area contributed by atoms with Gasteiger partial charge in [0.2, 0.25) is 59.7 Å². The normalized spacial score (nSPS) is 25.7. The minimum Gasteiger partial charge on any atom is -0.508 e. The van der Waals surface area contributed by atoms with Crippen molar-refractivity contribution in [1.29, 1.82) is 0 Å². The summed E-state index contributed by atoms with van der Waals surface area (Å²) in [7, 11) is 2.16. The largest absolute Gasteiger partial charge is 0.508 e. The number of carboxylic acids is 1. The van der Waals surface area contributed by atoms with E-state index in [9.17, 15) is 80.5 Å². The first-order valence-corrected chi connectivity index (χ1v) is 41.9. The highest BCUT2D eigenvalue weighted by Crippen LogP contribution is 2.51. The second kappa shape index (κ2) is 39.6. The number of fused-ring (bicyclic) bond motifs is 14. The molecule has 19 N–H and O–H groups in total. The van der Waals surface area contributed by atoms with E-state index < -0.39 is 294 Å². The zero-order chi connectivity index (χ0) is 93.0. The number of aliphatic hydroxyl groups excluding tert-OH is 7. The molecule has 8 amide bonds. The zero-order valence-electron chi connectivity index (χ0n) is 70.0. The van der Waals surface area contributed by atoms with Gasteiger partial charge in [-0.15, -0.1) is 0 Å². The van der Waals surface area contributed by atoms with Crippen molar-refractivity contribution in [2.24, 2.45) is 0 Å². The fourth-order valence-corrected chi connectivity index (χ4v) is 16.1. The van der Waals surface area contributed by atoms with Gasteiger partial charge in [0.05, 0.1) is 23.8 Å². The lowest BCUT2D eigenvalue weighted by atomic mass is 9.89. The number of likely N-dealkylation sites (N-methyl/N-ethyl adjacent to an activating group) is 1. The molecule has 0 aliphatic carbocycles. The van der Waals surface area contributed by atoms with Gasteiger partial charge in [-0.3, -0.25) is 38.5 Å². The lowest BCUT2D eigenvalue weighted by Crippen LogP contribution is -2.66. The number of halogens is 2. The lowest BCUT2D eigenvalue weighted by molar-refractivity contribution is -0.277. The van der Waals surface area contributed by atoms with E-state index in [-0.39, 0.29) is 28.9 Å². The number of phenolic OH excluding ortho intramolecular Hbond substituents is 4. The molecule has 8 aliphatic rings. The summed E-state index contributed by atoms with van der Waals surface area (Å²) in [6, 6.07) is 3.18. The number of ether oxygens (including phenoxy) is 9. The van der Waals surface area contributed by atoms with Gasteiger partial charge < -0.3 is 141 Å². The molecule has 0 unspecified atom stereocenters. The molecule has 7 aromatic rings. The summed E-state index contributed by atoms with van der Waals surface area (Å²) in [5.74, 6) is -19.7. The molecular weight excluding hydrogens is 1740 g/mol. The molecule has 18 atom stereocenters. The number of amides is 8. The molecule has 2 fully saturated rings. The molecule has 129 heavy (non-hydrogen) atoms. The summed E-state index contributed by atoms with van der Waals surface area (Å²) in [4.78, 5) is 153. The Kier molecular flexibility index (Phi) is 28.9. The number of carbonyl (C=O) groups excluding carboxylic acids is 9. The number of hydrogen-bond acceptors (Lipinski definition) is 30. The van der Waals surface area contributed by atoms with E-state index >= 15 is 28.8 Å². The van der Waals surface area contributed by atoms with Crippen molar-refractivity contribution in [2.75, 3.05) is 20.8 Å². The Hall–Kier alpha value is -12.5. The van der Waals surface area contributed by atoms with Crippen LogP contribution in [0.2, 0.25) is 10.0 Å². The van der Waals surface area contributed by atoms with Crippen LogP contribution in [0.3, 0.4) is 0 Å². The van der Waals surface area contributed by atoms with Gasteiger partial charge in [-0.1, -0.05) is 105 Å². The van der Waals surface area contributed by atoms with Crippen molar-refractivity contribution in [3.63, 3.8) is 0 Å². The molecule has 2 saturated heterocycles. The molecule has 688 valence electrons. The summed E-state index contributed by atoms with van der Waals surface area (Å²) >= 11 is 14.3. The number of methoxy groups -OCH3 is 1. The third-order valence-electron chi connectivity index (χ3n) is 22.4. The average molecular weight is 1830 g/mol. The molecule has 7 aromatic carbocycles. The van der Waals surface area contributed by atoms with Crippen molar-refractivity contribution in [2.45, 2.75) is 207 Å². The number of carboxylic acid groups (broad SMARTS) is 1. The van der Waals surface area contributed by atoms with Crippen molar-refractivity contribution < 1.29 is 152 Å². The van der Waals surface area contributed by atoms with Crippen LogP contribution < -0.4 is 60.9 Å². The standard InChI is InChI=1S/C88H96Cl2N8O31/c1-7-8-9-10-11-12-13-14-15-59(104)92-67-71(107)73(109)76(84(119)121-6)128-85(67)127-75-56-30-41-31-57(75)124-53-25-20-40(28-48(53)89)69(105)66-81(115)96-65(83(117)118)46-32-42(100)33-55(125-86-74(110)72(108)70(106)58(36-99)126-86)60(46)45-27-38(18-23-50(45)101)62(78(112)97-66)93-79(113)63(41)94-80(114)64-47-34-44(35-52(103)61(47)90)123-54-29-39(19-24-51(54)102)68(98(5)87(120)129-88(2,3)4)82(116)91-49(77(111)95-64)26-37-16-21-43(122-56)22-17-37/h16-25,27-35,49,58,62-74,76,85-86,99-103,105-110H,7-15,26,36H2,1-6H3,(H,91,116)(H,92,104)(H,93,113)(H,94,114)(H,95,111)(H,96,115)(H,97,112)(H,117,118)/t49-,58-,62-,63-,64+,65-,66+,67-,68-,69-,70-,71-,72+,73+,74+,76+,85-,86+/m1/s1. The van der Waals surface area contributed by atoms with Crippen molar-refractivity contribution in [1.82, 2.24) is 42.1 Å². The zero-order valence-corrected chi connectivity index (χ0v) is 71.5. The maximum atomic E-state index is 16.8. The summed E-state index contributed by atoms with van der Waals surface area (Å²) in [5, 5.41) is 155. The number of rotatable bonds is 18. The minimum atomic E-state index is -2.50. The second-order valence-corrected chi connectivity index (χ2v) is 33.5. The molecule has 0 spiro atoms. The number of unbranched alkanes of at least 4 members (excludes halogenated alkanes) is 7. The molecule has 17 bridgehead atoms. The molecule has 39 nitrogen and oxygen atoms in total. The number of aliphatic hydroxyl groups is 7. The smallest absolute Gasteiger partial charge is 0.410 e. The molecule has 0 aromatic heterocycles. The Bertz CT molecular complexity index is 5470. The number of hydrogen-bond donors (Lipinski definition) is 19. The highest BCUT2D eigenvalue weighted by molar-refractivity contribution is 6.33. The first-order valence-electron chi connectivity index (χ1n) is 41.2. The van der Waals surface area contributed by atoms with E-state index in [1.807, 2.05) is 0 Å². The number of aromatic hydroxyl groups is 4.